The second-order valence-corrected chi connectivity index (χ2v) is 11.3. The van der Waals surface area contributed by atoms with E-state index in [1.165, 1.54) is 51.6 Å². The van der Waals surface area contributed by atoms with Crippen molar-refractivity contribution in [2.75, 3.05) is 4.90 Å². The molecule has 0 N–H and O–H groups in total. The summed E-state index contributed by atoms with van der Waals surface area (Å²) in [4.78, 5) is 2.82. The summed E-state index contributed by atoms with van der Waals surface area (Å²) in [5.41, 5.74) is 7.18. The van der Waals surface area contributed by atoms with Gasteiger partial charge in [0.15, 0.2) is 0 Å². The van der Waals surface area contributed by atoms with Crippen LogP contribution in [-0.4, -0.2) is 16.1 Å². The van der Waals surface area contributed by atoms with E-state index in [0.717, 1.165) is 5.92 Å². The smallest absolute Gasteiger partial charge is 0.0545 e. The fourth-order valence-electron chi connectivity index (χ4n) is 7.46. The van der Waals surface area contributed by atoms with Crippen molar-refractivity contribution in [3.05, 3.63) is 72.3 Å². The number of piperidine rings is 2. The molecule has 0 radical (unpaired) electrons. The highest BCUT2D eigenvalue weighted by molar-refractivity contribution is 6.10. The maximum absolute atomic E-state index is 2.82. The summed E-state index contributed by atoms with van der Waals surface area (Å²) in [7, 11) is 0. The third-order valence-corrected chi connectivity index (χ3v) is 10.1. The second-order valence-electron chi connectivity index (χ2n) is 11.3. The molecular formula is C31H36N2. The molecule has 1 aromatic heterocycles. The van der Waals surface area contributed by atoms with Crippen molar-refractivity contribution in [3.8, 4) is 5.69 Å². The number of benzene rings is 3. The van der Waals surface area contributed by atoms with E-state index in [2.05, 4.69) is 118 Å². The highest BCUT2D eigenvalue weighted by Gasteiger charge is 2.60. The number of anilines is 1. The van der Waals surface area contributed by atoms with Crippen LogP contribution in [0.3, 0.4) is 0 Å². The Morgan fingerprint density at radius 3 is 2.21 bits per heavy atom. The van der Waals surface area contributed by atoms with Crippen molar-refractivity contribution in [1.82, 2.24) is 4.57 Å². The molecule has 2 heteroatoms. The van der Waals surface area contributed by atoms with Gasteiger partial charge in [-0.1, -0.05) is 57.2 Å². The Morgan fingerprint density at radius 2 is 1.45 bits per heavy atom. The first-order chi connectivity index (χ1) is 15.8. The van der Waals surface area contributed by atoms with Crippen LogP contribution in [0.5, 0.6) is 0 Å². The van der Waals surface area contributed by atoms with Crippen molar-refractivity contribution in [3.63, 3.8) is 0 Å². The molecule has 0 spiro atoms. The van der Waals surface area contributed by atoms with Crippen LogP contribution in [0.15, 0.2) is 66.7 Å². The standard InChI is InChI=1S/C31H36N2/c1-20-18-29-26(25-14-10-11-15-27(25)32(29)24-12-8-7-9-13-24)19-28(20)33-23(4)30(5)16-17-31(33,6)22(3)21(30)2/h7-15,18-19,21-23H,16-17H2,1-6H3. The molecule has 1 aliphatic carbocycles. The number of rotatable bonds is 2. The first-order valence-corrected chi connectivity index (χ1v) is 12.7. The summed E-state index contributed by atoms with van der Waals surface area (Å²) in [6.07, 6.45) is 2.61. The zero-order valence-corrected chi connectivity index (χ0v) is 20.9. The number of aryl methyl sites for hydroxylation is 1. The Bertz CT molecular complexity index is 1370. The minimum atomic E-state index is 0.201. The average molecular weight is 437 g/mol. The molecule has 2 bridgehead atoms. The van der Waals surface area contributed by atoms with E-state index in [0.29, 0.717) is 17.4 Å². The van der Waals surface area contributed by atoms with Crippen molar-refractivity contribution < 1.29 is 0 Å². The molecular weight excluding hydrogens is 400 g/mol. The third-order valence-electron chi connectivity index (χ3n) is 10.1. The molecule has 3 fully saturated rings. The quantitative estimate of drug-likeness (QED) is 0.308. The Kier molecular flexibility index (Phi) is 4.35. The number of fused-ring (bicyclic) bond motifs is 6. The van der Waals surface area contributed by atoms with Crippen molar-refractivity contribution in [1.29, 1.82) is 0 Å². The number of hydrogen-bond donors (Lipinski definition) is 0. The summed E-state index contributed by atoms with van der Waals surface area (Å²) in [5.74, 6) is 1.42. The Labute approximate surface area is 198 Å². The highest BCUT2D eigenvalue weighted by Crippen LogP contribution is 2.60. The molecule has 170 valence electrons. The maximum atomic E-state index is 2.82. The SMILES string of the molecule is Cc1cc2c(cc1N1C(C)C3(C)CCC1(C)C(C)C3C)c1ccccc1n2-c1ccccc1. The number of hydrogen-bond acceptors (Lipinski definition) is 1. The third kappa shape index (κ3) is 2.61. The Balaban J connectivity index is 1.62. The fourth-order valence-corrected chi connectivity index (χ4v) is 7.46. The molecule has 2 nitrogen and oxygen atoms in total. The molecule has 3 aliphatic rings. The highest BCUT2D eigenvalue weighted by atomic mass is 15.3. The molecule has 0 amide bonds. The molecule has 2 aliphatic heterocycles. The zero-order chi connectivity index (χ0) is 23.1. The van der Waals surface area contributed by atoms with Gasteiger partial charge in [0.25, 0.3) is 0 Å². The molecule has 3 aromatic carbocycles. The molecule has 4 aromatic rings. The monoisotopic (exact) mass is 436 g/mol. The largest absolute Gasteiger partial charge is 0.362 e. The van der Waals surface area contributed by atoms with Crippen molar-refractivity contribution in [2.24, 2.45) is 17.3 Å². The maximum Gasteiger partial charge on any atom is 0.0545 e. The van der Waals surface area contributed by atoms with Crippen molar-refractivity contribution >= 4 is 27.5 Å². The van der Waals surface area contributed by atoms with E-state index in [9.17, 15) is 0 Å². The minimum absolute atomic E-state index is 0.201. The van der Waals surface area contributed by atoms with E-state index in [-0.39, 0.29) is 5.54 Å². The van der Waals surface area contributed by atoms with Crippen LogP contribution in [0.4, 0.5) is 5.69 Å². The van der Waals surface area contributed by atoms with Crippen molar-refractivity contribution in [2.45, 2.75) is 66.0 Å². The van der Waals surface area contributed by atoms with Gasteiger partial charge < -0.3 is 9.47 Å². The first kappa shape index (κ1) is 20.8. The normalized spacial score (nSPS) is 31.6. The van der Waals surface area contributed by atoms with Crippen LogP contribution in [0.2, 0.25) is 0 Å². The molecule has 7 rings (SSSR count). The van der Waals surface area contributed by atoms with Gasteiger partial charge in [-0.25, -0.2) is 0 Å². The number of nitrogens with zero attached hydrogens (tertiary/aromatic N) is 2. The predicted octanol–water partition coefficient (Wildman–Crippen LogP) is 8.13. The average Bonchev–Trinajstić information content (AvgIpc) is 3.13. The lowest BCUT2D eigenvalue weighted by atomic mass is 9.50. The van der Waals surface area contributed by atoms with Gasteiger partial charge in [0.05, 0.1) is 11.0 Å². The van der Waals surface area contributed by atoms with Gasteiger partial charge in [-0.2, -0.15) is 0 Å². The van der Waals surface area contributed by atoms with E-state index in [4.69, 9.17) is 0 Å². The van der Waals surface area contributed by atoms with Crippen LogP contribution in [0.1, 0.15) is 53.0 Å². The fraction of sp³-hybridized carbons (Fsp3) is 0.419. The first-order valence-electron chi connectivity index (χ1n) is 12.7. The summed E-state index contributed by atoms with van der Waals surface area (Å²) < 4.78 is 2.43. The summed E-state index contributed by atoms with van der Waals surface area (Å²) in [6.45, 7) is 14.9. The lowest BCUT2D eigenvalue weighted by Crippen LogP contribution is -2.72. The van der Waals surface area contributed by atoms with Gasteiger partial charge in [-0.05, 0) is 86.8 Å². The summed E-state index contributed by atoms with van der Waals surface area (Å²) in [6, 6.07) is 25.1. The lowest BCUT2D eigenvalue weighted by molar-refractivity contribution is -0.0524. The van der Waals surface area contributed by atoms with Gasteiger partial charge in [0.1, 0.15) is 0 Å². The second kappa shape index (κ2) is 6.88. The van der Waals surface area contributed by atoms with Crippen LogP contribution >= 0.6 is 0 Å². The number of para-hydroxylation sites is 2. The van der Waals surface area contributed by atoms with Crippen LogP contribution in [0, 0.1) is 24.2 Å². The van der Waals surface area contributed by atoms with E-state index in [1.807, 2.05) is 0 Å². The zero-order valence-electron chi connectivity index (χ0n) is 20.9. The van der Waals surface area contributed by atoms with Crippen LogP contribution in [0.25, 0.3) is 27.5 Å². The van der Waals surface area contributed by atoms with E-state index < -0.39 is 0 Å². The molecule has 5 atom stereocenters. The minimum Gasteiger partial charge on any atom is -0.362 e. The lowest BCUT2D eigenvalue weighted by Gasteiger charge is -2.68. The molecule has 1 saturated carbocycles. The van der Waals surface area contributed by atoms with Gasteiger partial charge in [0.2, 0.25) is 0 Å². The van der Waals surface area contributed by atoms with Crippen LogP contribution < -0.4 is 4.90 Å². The topological polar surface area (TPSA) is 8.17 Å². The molecule has 5 unspecified atom stereocenters. The predicted molar refractivity (Wildman–Crippen MR) is 142 cm³/mol. The Morgan fingerprint density at radius 1 is 0.758 bits per heavy atom. The van der Waals surface area contributed by atoms with E-state index >= 15 is 0 Å². The number of aromatic nitrogens is 1. The van der Waals surface area contributed by atoms with Gasteiger partial charge in [0, 0.05) is 33.7 Å². The molecule has 2 saturated heterocycles. The summed E-state index contributed by atoms with van der Waals surface area (Å²) >= 11 is 0. The van der Waals surface area contributed by atoms with Gasteiger partial charge in [-0.15, -0.1) is 0 Å². The van der Waals surface area contributed by atoms with Gasteiger partial charge in [-0.3, -0.25) is 0 Å². The molecule has 33 heavy (non-hydrogen) atoms. The van der Waals surface area contributed by atoms with Gasteiger partial charge >= 0.3 is 0 Å². The molecule has 3 heterocycles. The van der Waals surface area contributed by atoms with Crippen LogP contribution in [-0.2, 0) is 0 Å². The summed E-state index contributed by atoms with van der Waals surface area (Å²) in [5, 5.41) is 2.70. The van der Waals surface area contributed by atoms with E-state index in [1.54, 1.807) is 0 Å². The Hall–Kier alpha value is -2.74.